The fraction of sp³-hybridized carbons (Fsp3) is 0.125. The Morgan fingerprint density at radius 1 is 1.14 bits per heavy atom. The van der Waals surface area contributed by atoms with Gasteiger partial charge in [0.25, 0.3) is 0 Å². The van der Waals surface area contributed by atoms with Crippen LogP contribution in [-0.4, -0.2) is 13.0 Å². The van der Waals surface area contributed by atoms with Crippen molar-refractivity contribution in [3.8, 4) is 0 Å². The van der Waals surface area contributed by atoms with Crippen LogP contribution in [0.2, 0.25) is 0 Å². The third kappa shape index (κ3) is 6.27. The first-order valence-electron chi connectivity index (χ1n) is 6.55. The molecule has 0 bridgehead atoms. The van der Waals surface area contributed by atoms with Crippen LogP contribution >= 0.6 is 22.6 Å². The van der Waals surface area contributed by atoms with E-state index >= 15 is 0 Å². The van der Waals surface area contributed by atoms with Crippen molar-refractivity contribution in [3.63, 3.8) is 0 Å². The predicted molar refractivity (Wildman–Crippen MR) is 95.2 cm³/mol. The zero-order valence-electron chi connectivity index (χ0n) is 12.2. The maximum Gasteiger partial charge on any atom is 0.124 e. The van der Waals surface area contributed by atoms with Gasteiger partial charge in [0, 0.05) is 5.56 Å². The number of aryl methyl sites for hydroxylation is 1. The molecule has 4 nitrogen and oxygen atoms in total. The Morgan fingerprint density at radius 2 is 1.73 bits per heavy atom. The Balaban J connectivity index is 0.000000220. The van der Waals surface area contributed by atoms with E-state index in [0.717, 1.165) is 12.1 Å². The molecule has 0 radical (unpaired) electrons. The average Bonchev–Trinajstić information content (AvgIpc) is 2.48. The van der Waals surface area contributed by atoms with E-state index in [1.54, 1.807) is 12.1 Å². The molecular formula is C16H18INO3S. The quantitative estimate of drug-likeness (QED) is 0.599. The lowest BCUT2D eigenvalue weighted by molar-refractivity contribution is -0.386. The lowest BCUT2D eigenvalue weighted by Gasteiger charge is -2.05. The summed E-state index contributed by atoms with van der Waals surface area (Å²) < 4.78 is 33.2. The van der Waals surface area contributed by atoms with E-state index in [1.165, 1.54) is 23.3 Å². The molecule has 0 aromatic heterocycles. The van der Waals surface area contributed by atoms with Crippen LogP contribution < -0.4 is 5.73 Å². The minimum Gasteiger partial charge on any atom is -0.744 e. The van der Waals surface area contributed by atoms with E-state index in [4.69, 9.17) is 0 Å². The van der Waals surface area contributed by atoms with Crippen molar-refractivity contribution in [1.82, 2.24) is 0 Å². The highest BCUT2D eigenvalue weighted by atomic mass is 127. The molecule has 0 aliphatic heterocycles. The van der Waals surface area contributed by atoms with Gasteiger partial charge >= 0.3 is 0 Å². The number of hydrogen-bond acceptors (Lipinski definition) is 3. The first kappa shape index (κ1) is 18.8. The van der Waals surface area contributed by atoms with E-state index in [-0.39, 0.29) is 4.90 Å². The van der Waals surface area contributed by atoms with Gasteiger partial charge in [0.2, 0.25) is 0 Å². The molecule has 2 rings (SSSR count). The van der Waals surface area contributed by atoms with Gasteiger partial charge in [0.1, 0.15) is 16.7 Å². The topological polar surface area (TPSA) is 84.8 Å². The van der Waals surface area contributed by atoms with E-state index in [1.807, 2.05) is 23.1 Å². The van der Waals surface area contributed by atoms with E-state index < -0.39 is 10.1 Å². The molecule has 118 valence electrons. The molecule has 0 amide bonds. The van der Waals surface area contributed by atoms with Crippen molar-refractivity contribution in [2.24, 2.45) is 0 Å². The third-order valence-corrected chi connectivity index (χ3v) is 4.09. The fourth-order valence-electron chi connectivity index (χ4n) is 1.70. The molecule has 6 heteroatoms. The Labute approximate surface area is 144 Å². The van der Waals surface area contributed by atoms with Crippen molar-refractivity contribution < 1.29 is 18.7 Å². The van der Waals surface area contributed by atoms with Crippen LogP contribution in [-0.2, 0) is 16.7 Å². The lowest BCUT2D eigenvalue weighted by atomic mass is 10.1. The molecular weight excluding hydrogens is 413 g/mol. The van der Waals surface area contributed by atoms with Gasteiger partial charge in [0.05, 0.1) is 4.90 Å². The summed E-state index contributed by atoms with van der Waals surface area (Å²) in [5, 5.41) is 0. The number of quaternary nitrogens is 1. The summed E-state index contributed by atoms with van der Waals surface area (Å²) in [6.07, 6.45) is 2.10. The molecule has 0 aliphatic rings. The van der Waals surface area contributed by atoms with Crippen LogP contribution in [0.25, 0.3) is 6.08 Å². The summed E-state index contributed by atoms with van der Waals surface area (Å²) in [7, 11) is -4.27. The molecule has 0 saturated carbocycles. The highest BCUT2D eigenvalue weighted by molar-refractivity contribution is 14.1. The smallest absolute Gasteiger partial charge is 0.124 e. The molecule has 0 atom stereocenters. The van der Waals surface area contributed by atoms with Crippen LogP contribution in [0.3, 0.4) is 0 Å². The maximum absolute atomic E-state index is 10.4. The second-order valence-corrected chi connectivity index (χ2v) is 6.61. The lowest BCUT2D eigenvalue weighted by Crippen LogP contribution is -2.47. The standard InChI is InChI=1S/C9H10IN.C7H8O3S/c10-6-5-8-3-1-2-4-9(8)7-11;1-6-2-4-7(5-3-6)11(8,9)10/h1-6H,7,11H2;2-5H,1H3,(H,8,9,10)/b6-5+;. The maximum atomic E-state index is 10.4. The van der Waals surface area contributed by atoms with Crippen LogP contribution in [0.5, 0.6) is 0 Å². The summed E-state index contributed by atoms with van der Waals surface area (Å²) in [6.45, 7) is 2.68. The predicted octanol–water partition coefficient (Wildman–Crippen LogP) is 2.73. The summed E-state index contributed by atoms with van der Waals surface area (Å²) in [4.78, 5) is -0.178. The fourth-order valence-corrected chi connectivity index (χ4v) is 2.55. The van der Waals surface area contributed by atoms with Crippen molar-refractivity contribution >= 4 is 38.8 Å². The van der Waals surface area contributed by atoms with Gasteiger partial charge < -0.3 is 10.3 Å². The summed E-state index contributed by atoms with van der Waals surface area (Å²) in [5.74, 6) is 0. The highest BCUT2D eigenvalue weighted by Gasteiger charge is 1.98. The first-order chi connectivity index (χ1) is 10.4. The first-order valence-corrected chi connectivity index (χ1v) is 9.20. The SMILES string of the molecule is Cc1ccc(S(=O)(=O)[O-])cc1.[NH3+]Cc1ccccc1/C=C/I. The molecule has 0 spiro atoms. The Bertz CT molecular complexity index is 725. The van der Waals surface area contributed by atoms with Crippen molar-refractivity contribution in [2.75, 3.05) is 0 Å². The molecule has 0 unspecified atom stereocenters. The number of hydrogen-bond donors (Lipinski definition) is 1. The number of halogens is 1. The van der Waals surface area contributed by atoms with Crippen LogP contribution in [0.4, 0.5) is 0 Å². The third-order valence-electron chi connectivity index (χ3n) is 2.88. The van der Waals surface area contributed by atoms with Gasteiger partial charge in [-0.3, -0.25) is 0 Å². The molecule has 0 heterocycles. The summed E-state index contributed by atoms with van der Waals surface area (Å²) in [6, 6.07) is 14.1. The van der Waals surface area contributed by atoms with Gasteiger partial charge in [-0.25, -0.2) is 8.42 Å². The molecule has 3 N–H and O–H groups in total. The minimum absolute atomic E-state index is 0.178. The van der Waals surface area contributed by atoms with Crippen LogP contribution in [0.1, 0.15) is 16.7 Å². The Morgan fingerprint density at radius 3 is 2.23 bits per heavy atom. The van der Waals surface area contributed by atoms with Gasteiger partial charge in [0.15, 0.2) is 0 Å². The molecule has 0 fully saturated rings. The van der Waals surface area contributed by atoms with Crippen molar-refractivity contribution in [3.05, 3.63) is 69.3 Å². The van der Waals surface area contributed by atoms with Gasteiger partial charge in [-0.05, 0) is 34.8 Å². The van der Waals surface area contributed by atoms with Crippen LogP contribution in [0, 0.1) is 6.92 Å². The van der Waals surface area contributed by atoms with Crippen LogP contribution in [0.15, 0.2) is 57.5 Å². The van der Waals surface area contributed by atoms with Crippen molar-refractivity contribution in [2.45, 2.75) is 18.4 Å². The van der Waals surface area contributed by atoms with Gasteiger partial charge in [-0.15, -0.1) is 0 Å². The minimum atomic E-state index is -4.27. The number of rotatable bonds is 3. The summed E-state index contributed by atoms with van der Waals surface area (Å²) in [5.41, 5.74) is 7.37. The monoisotopic (exact) mass is 431 g/mol. The van der Waals surface area contributed by atoms with E-state index in [0.29, 0.717) is 0 Å². The second-order valence-electron chi connectivity index (χ2n) is 4.51. The van der Waals surface area contributed by atoms with Gasteiger partial charge in [-0.2, -0.15) is 0 Å². The highest BCUT2D eigenvalue weighted by Crippen LogP contribution is 2.10. The van der Waals surface area contributed by atoms with E-state index in [9.17, 15) is 13.0 Å². The zero-order valence-corrected chi connectivity index (χ0v) is 15.2. The zero-order chi connectivity index (χ0) is 16.6. The Kier molecular flexibility index (Phi) is 7.74. The normalized spacial score (nSPS) is 11.1. The van der Waals surface area contributed by atoms with E-state index in [2.05, 4.69) is 46.5 Å². The molecule has 22 heavy (non-hydrogen) atoms. The molecule has 0 saturated heterocycles. The largest absolute Gasteiger partial charge is 0.744 e. The molecule has 2 aromatic carbocycles. The average molecular weight is 431 g/mol. The number of benzene rings is 2. The Hall–Kier alpha value is -1.22. The molecule has 0 aliphatic carbocycles. The summed E-state index contributed by atoms with van der Waals surface area (Å²) >= 11 is 2.22. The van der Waals surface area contributed by atoms with Crippen molar-refractivity contribution in [1.29, 1.82) is 0 Å². The molecule has 2 aromatic rings. The second kappa shape index (κ2) is 9.04. The van der Waals surface area contributed by atoms with Gasteiger partial charge in [-0.1, -0.05) is 64.6 Å².